The fraction of sp³-hybridized carbons (Fsp3) is 0.0667. The van der Waals surface area contributed by atoms with Gasteiger partial charge in [-0.1, -0.05) is 21.1 Å². The van der Waals surface area contributed by atoms with Crippen molar-refractivity contribution in [2.75, 3.05) is 0 Å². The Morgan fingerprint density at radius 1 is 0.864 bits per heavy atom. The van der Waals surface area contributed by atoms with Crippen LogP contribution in [0.5, 0.6) is 0 Å². The minimum absolute atomic E-state index is 0.173. The van der Waals surface area contributed by atoms with Crippen molar-refractivity contribution in [3.05, 3.63) is 58.6 Å². The Kier molecular flexibility index (Phi) is 3.74. The molecule has 3 nitrogen and oxygen atoms in total. The molecule has 0 unspecified atom stereocenters. The molecular formula is C15H8BrF3N2O. The summed E-state index contributed by atoms with van der Waals surface area (Å²) in [5.41, 5.74) is 0.470. The van der Waals surface area contributed by atoms with Gasteiger partial charge in [-0.15, -0.1) is 0 Å². The van der Waals surface area contributed by atoms with E-state index in [0.717, 1.165) is 22.2 Å². The largest absolute Gasteiger partial charge is 0.416 e. The highest BCUT2D eigenvalue weighted by Gasteiger charge is 2.30. The summed E-state index contributed by atoms with van der Waals surface area (Å²) in [7, 11) is 0. The van der Waals surface area contributed by atoms with Crippen molar-refractivity contribution in [1.82, 2.24) is 10.1 Å². The molecule has 3 rings (SSSR count). The Morgan fingerprint density at radius 2 is 1.45 bits per heavy atom. The average molecular weight is 369 g/mol. The van der Waals surface area contributed by atoms with E-state index in [1.807, 2.05) is 24.3 Å². The van der Waals surface area contributed by atoms with Crippen LogP contribution in [-0.2, 0) is 6.18 Å². The predicted octanol–water partition coefficient (Wildman–Crippen LogP) is 5.18. The first-order valence-corrected chi connectivity index (χ1v) is 7.00. The topological polar surface area (TPSA) is 38.9 Å². The van der Waals surface area contributed by atoms with Crippen LogP contribution in [0.1, 0.15) is 5.56 Å². The Hall–Kier alpha value is -2.15. The van der Waals surface area contributed by atoms with Crippen molar-refractivity contribution in [3.63, 3.8) is 0 Å². The second kappa shape index (κ2) is 5.57. The minimum atomic E-state index is -4.37. The van der Waals surface area contributed by atoms with E-state index in [2.05, 4.69) is 26.1 Å². The van der Waals surface area contributed by atoms with Crippen molar-refractivity contribution in [3.8, 4) is 22.8 Å². The van der Waals surface area contributed by atoms with Crippen molar-refractivity contribution in [1.29, 1.82) is 0 Å². The van der Waals surface area contributed by atoms with Gasteiger partial charge in [0, 0.05) is 15.6 Å². The van der Waals surface area contributed by atoms with Crippen molar-refractivity contribution < 1.29 is 17.7 Å². The van der Waals surface area contributed by atoms with Gasteiger partial charge in [0.2, 0.25) is 5.82 Å². The normalized spacial score (nSPS) is 11.6. The van der Waals surface area contributed by atoms with Crippen molar-refractivity contribution >= 4 is 15.9 Å². The lowest BCUT2D eigenvalue weighted by Crippen LogP contribution is -2.03. The molecule has 3 aromatic rings. The molecule has 0 aliphatic heterocycles. The predicted molar refractivity (Wildman–Crippen MR) is 77.9 cm³/mol. The van der Waals surface area contributed by atoms with Crippen LogP contribution >= 0.6 is 15.9 Å². The smallest absolute Gasteiger partial charge is 0.334 e. The molecule has 1 heterocycles. The number of hydrogen-bond donors (Lipinski definition) is 0. The molecule has 0 atom stereocenters. The van der Waals surface area contributed by atoms with Gasteiger partial charge in [0.15, 0.2) is 0 Å². The van der Waals surface area contributed by atoms with Crippen LogP contribution in [0.2, 0.25) is 0 Å². The summed E-state index contributed by atoms with van der Waals surface area (Å²) in [6, 6.07) is 11.9. The molecule has 0 amide bonds. The van der Waals surface area contributed by atoms with Gasteiger partial charge >= 0.3 is 6.18 Å². The third kappa shape index (κ3) is 3.04. The Morgan fingerprint density at radius 3 is 2.05 bits per heavy atom. The number of hydrogen-bond acceptors (Lipinski definition) is 3. The maximum atomic E-state index is 12.5. The highest BCUT2D eigenvalue weighted by Crippen LogP contribution is 2.31. The lowest BCUT2D eigenvalue weighted by Gasteiger charge is -2.05. The molecule has 0 aliphatic rings. The maximum absolute atomic E-state index is 12.5. The molecule has 7 heteroatoms. The quantitative estimate of drug-likeness (QED) is 0.625. The summed E-state index contributed by atoms with van der Waals surface area (Å²) in [4.78, 5) is 4.20. The van der Waals surface area contributed by atoms with E-state index >= 15 is 0 Å². The van der Waals surface area contributed by atoms with Gasteiger partial charge in [0.25, 0.3) is 5.89 Å². The van der Waals surface area contributed by atoms with E-state index in [1.165, 1.54) is 12.1 Å². The van der Waals surface area contributed by atoms with Gasteiger partial charge in [-0.3, -0.25) is 0 Å². The van der Waals surface area contributed by atoms with Gasteiger partial charge in [-0.2, -0.15) is 18.2 Å². The maximum Gasteiger partial charge on any atom is 0.416 e. The van der Waals surface area contributed by atoms with Crippen LogP contribution in [0.4, 0.5) is 13.2 Å². The van der Waals surface area contributed by atoms with Gasteiger partial charge < -0.3 is 4.52 Å². The molecule has 0 spiro atoms. The molecular weight excluding hydrogens is 361 g/mol. The molecule has 2 aromatic carbocycles. The van der Waals surface area contributed by atoms with Gasteiger partial charge in [0.1, 0.15) is 0 Å². The Bertz CT molecular complexity index is 780. The van der Waals surface area contributed by atoms with Crippen LogP contribution in [-0.4, -0.2) is 10.1 Å². The van der Waals surface area contributed by atoms with Gasteiger partial charge in [-0.25, -0.2) is 0 Å². The van der Waals surface area contributed by atoms with E-state index in [9.17, 15) is 13.2 Å². The molecule has 0 fully saturated rings. The number of nitrogens with zero attached hydrogens (tertiary/aromatic N) is 2. The zero-order valence-electron chi connectivity index (χ0n) is 10.9. The Balaban J connectivity index is 1.89. The molecule has 112 valence electrons. The van der Waals surface area contributed by atoms with E-state index in [0.29, 0.717) is 11.4 Å². The van der Waals surface area contributed by atoms with Gasteiger partial charge in [-0.05, 0) is 48.5 Å². The van der Waals surface area contributed by atoms with E-state index in [4.69, 9.17) is 4.52 Å². The molecule has 0 bridgehead atoms. The lowest BCUT2D eigenvalue weighted by molar-refractivity contribution is -0.137. The standard InChI is InChI=1S/C15H8BrF3N2O/c16-12-7-3-9(4-8-12)13-20-14(22-21-13)10-1-5-11(6-2-10)15(17,18)19/h1-8H. The second-order valence-corrected chi connectivity index (χ2v) is 5.42. The summed E-state index contributed by atoms with van der Waals surface area (Å²) in [6.45, 7) is 0. The summed E-state index contributed by atoms with van der Waals surface area (Å²) in [6.07, 6.45) is -4.37. The summed E-state index contributed by atoms with van der Waals surface area (Å²) in [5.74, 6) is 0.550. The van der Waals surface area contributed by atoms with Crippen LogP contribution in [0.3, 0.4) is 0 Å². The van der Waals surface area contributed by atoms with Crippen LogP contribution < -0.4 is 0 Å². The first-order chi connectivity index (χ1) is 10.4. The fourth-order valence-corrected chi connectivity index (χ4v) is 2.12. The molecule has 0 aliphatic carbocycles. The van der Waals surface area contributed by atoms with Crippen molar-refractivity contribution in [2.45, 2.75) is 6.18 Å². The fourth-order valence-electron chi connectivity index (χ4n) is 1.86. The first kappa shape index (κ1) is 14.8. The second-order valence-electron chi connectivity index (χ2n) is 4.51. The summed E-state index contributed by atoms with van der Waals surface area (Å²) >= 11 is 3.33. The highest BCUT2D eigenvalue weighted by atomic mass is 79.9. The zero-order valence-corrected chi connectivity index (χ0v) is 12.5. The first-order valence-electron chi connectivity index (χ1n) is 6.21. The number of halogens is 4. The number of aromatic nitrogens is 2. The third-order valence-electron chi connectivity index (χ3n) is 2.99. The van der Waals surface area contributed by atoms with E-state index < -0.39 is 11.7 Å². The number of alkyl halides is 3. The van der Waals surface area contributed by atoms with Gasteiger partial charge in [0.05, 0.1) is 5.56 Å². The minimum Gasteiger partial charge on any atom is -0.334 e. The highest BCUT2D eigenvalue weighted by molar-refractivity contribution is 9.10. The van der Waals surface area contributed by atoms with Crippen LogP contribution in [0.25, 0.3) is 22.8 Å². The van der Waals surface area contributed by atoms with E-state index in [1.54, 1.807) is 0 Å². The third-order valence-corrected chi connectivity index (χ3v) is 3.52. The summed E-state index contributed by atoms with van der Waals surface area (Å²) in [5, 5.41) is 3.84. The Labute approximate surface area is 131 Å². The molecule has 0 radical (unpaired) electrons. The molecule has 0 saturated carbocycles. The van der Waals surface area contributed by atoms with Crippen LogP contribution in [0.15, 0.2) is 57.5 Å². The monoisotopic (exact) mass is 368 g/mol. The van der Waals surface area contributed by atoms with Crippen molar-refractivity contribution in [2.24, 2.45) is 0 Å². The van der Waals surface area contributed by atoms with Crippen LogP contribution in [0, 0.1) is 0 Å². The number of benzene rings is 2. The SMILES string of the molecule is FC(F)(F)c1ccc(-c2nc(-c3ccc(Br)cc3)no2)cc1. The summed E-state index contributed by atoms with van der Waals surface area (Å²) < 4.78 is 43.6. The number of rotatable bonds is 2. The molecule has 0 N–H and O–H groups in total. The molecule has 0 saturated heterocycles. The average Bonchev–Trinajstić information content (AvgIpc) is 2.97. The lowest BCUT2D eigenvalue weighted by atomic mass is 10.1. The molecule has 22 heavy (non-hydrogen) atoms. The van der Waals surface area contributed by atoms with E-state index in [-0.39, 0.29) is 5.89 Å². The zero-order chi connectivity index (χ0) is 15.7. The molecule has 1 aromatic heterocycles.